The number of aromatic nitrogens is 5. The highest BCUT2D eigenvalue weighted by molar-refractivity contribution is 7.99. The zero-order valence-electron chi connectivity index (χ0n) is 18.0. The van der Waals surface area contributed by atoms with Gasteiger partial charge in [0.05, 0.1) is 11.3 Å². The van der Waals surface area contributed by atoms with Crippen LogP contribution in [0.1, 0.15) is 12.5 Å². The molecule has 0 aliphatic rings. The lowest BCUT2D eigenvalue weighted by Crippen LogP contribution is -2.14. The zero-order valence-corrected chi connectivity index (χ0v) is 19.6. The molecule has 0 saturated heterocycles. The largest absolute Gasteiger partial charge is 0.325 e. The molecule has 1 amide bonds. The molecule has 0 fully saturated rings. The lowest BCUT2D eigenvalue weighted by molar-refractivity contribution is -0.113. The van der Waals surface area contributed by atoms with E-state index in [1.807, 2.05) is 24.7 Å². The van der Waals surface area contributed by atoms with Crippen LogP contribution < -0.4 is 5.32 Å². The average Bonchev–Trinajstić information content (AvgIpc) is 3.37. The van der Waals surface area contributed by atoms with Crippen LogP contribution in [0.2, 0.25) is 5.02 Å². The van der Waals surface area contributed by atoms with Crippen molar-refractivity contribution in [2.24, 2.45) is 7.05 Å². The summed E-state index contributed by atoms with van der Waals surface area (Å²) in [4.78, 5) is 12.4. The molecule has 0 atom stereocenters. The van der Waals surface area contributed by atoms with Crippen LogP contribution in [0.5, 0.6) is 0 Å². The van der Waals surface area contributed by atoms with Crippen molar-refractivity contribution in [2.75, 3.05) is 11.1 Å². The van der Waals surface area contributed by atoms with E-state index < -0.39 is 0 Å². The van der Waals surface area contributed by atoms with Crippen molar-refractivity contribution in [3.63, 3.8) is 0 Å². The number of anilines is 1. The van der Waals surface area contributed by atoms with Gasteiger partial charge in [-0.15, -0.1) is 10.2 Å². The molecule has 9 heteroatoms. The molecule has 0 bridgehead atoms. The van der Waals surface area contributed by atoms with Crippen molar-refractivity contribution in [3.05, 3.63) is 65.3 Å². The minimum atomic E-state index is -0.119. The van der Waals surface area contributed by atoms with Gasteiger partial charge in [-0.2, -0.15) is 5.10 Å². The number of amides is 1. The van der Waals surface area contributed by atoms with Crippen molar-refractivity contribution in [1.82, 2.24) is 24.5 Å². The molecule has 0 aliphatic heterocycles. The van der Waals surface area contributed by atoms with Crippen LogP contribution in [0, 0.1) is 6.92 Å². The number of benzene rings is 2. The van der Waals surface area contributed by atoms with E-state index in [-0.39, 0.29) is 11.7 Å². The molecule has 0 radical (unpaired) electrons. The van der Waals surface area contributed by atoms with Crippen LogP contribution >= 0.6 is 23.4 Å². The second-order valence-electron chi connectivity index (χ2n) is 7.33. The van der Waals surface area contributed by atoms with Crippen LogP contribution in [0.25, 0.3) is 22.6 Å². The third kappa shape index (κ3) is 4.87. The molecule has 4 rings (SSSR count). The van der Waals surface area contributed by atoms with Gasteiger partial charge in [0.1, 0.15) is 5.69 Å². The van der Waals surface area contributed by atoms with Crippen LogP contribution in [0.15, 0.2) is 59.9 Å². The van der Waals surface area contributed by atoms with E-state index in [2.05, 4.69) is 51.8 Å². The van der Waals surface area contributed by atoms with Gasteiger partial charge in [-0.3, -0.25) is 9.48 Å². The minimum absolute atomic E-state index is 0.119. The molecule has 32 heavy (non-hydrogen) atoms. The smallest absolute Gasteiger partial charge is 0.234 e. The third-order valence-electron chi connectivity index (χ3n) is 4.89. The molecule has 2 heterocycles. The number of carbonyl (C=O) groups is 1. The summed E-state index contributed by atoms with van der Waals surface area (Å²) >= 11 is 7.25. The van der Waals surface area contributed by atoms with E-state index in [9.17, 15) is 4.79 Å². The van der Waals surface area contributed by atoms with Crippen LogP contribution in [-0.4, -0.2) is 36.2 Å². The lowest BCUT2D eigenvalue weighted by Gasteiger charge is -2.08. The first kappa shape index (κ1) is 22.1. The molecule has 0 unspecified atom stereocenters. The predicted octanol–water partition coefficient (Wildman–Crippen LogP) is 5.06. The maximum Gasteiger partial charge on any atom is 0.234 e. The number of aryl methyl sites for hydroxylation is 2. The van der Waals surface area contributed by atoms with Gasteiger partial charge >= 0.3 is 0 Å². The Morgan fingerprint density at radius 3 is 2.50 bits per heavy atom. The van der Waals surface area contributed by atoms with Gasteiger partial charge in [0.15, 0.2) is 11.0 Å². The monoisotopic (exact) mass is 466 g/mol. The molecule has 2 aromatic carbocycles. The molecule has 4 aromatic rings. The average molecular weight is 467 g/mol. The van der Waals surface area contributed by atoms with Crippen LogP contribution in [0.4, 0.5) is 5.69 Å². The maximum atomic E-state index is 12.4. The zero-order chi connectivity index (χ0) is 22.7. The summed E-state index contributed by atoms with van der Waals surface area (Å²) in [5.41, 5.74) is 4.68. The number of rotatable bonds is 7. The predicted molar refractivity (Wildman–Crippen MR) is 129 cm³/mol. The minimum Gasteiger partial charge on any atom is -0.325 e. The SMILES string of the molecule is CCn1c(SCC(=O)Nc2ccc(Cl)cc2)nnc1-c1cn(C)nc1-c1ccc(C)cc1. The Morgan fingerprint density at radius 1 is 1.09 bits per heavy atom. The molecule has 0 saturated carbocycles. The van der Waals surface area contributed by atoms with Gasteiger partial charge < -0.3 is 9.88 Å². The van der Waals surface area contributed by atoms with E-state index >= 15 is 0 Å². The van der Waals surface area contributed by atoms with E-state index in [0.717, 1.165) is 22.6 Å². The second kappa shape index (κ2) is 9.58. The number of nitrogens with zero attached hydrogens (tertiary/aromatic N) is 5. The summed E-state index contributed by atoms with van der Waals surface area (Å²) in [6, 6.07) is 15.3. The van der Waals surface area contributed by atoms with Crippen molar-refractivity contribution >= 4 is 35.0 Å². The van der Waals surface area contributed by atoms with E-state index in [4.69, 9.17) is 11.6 Å². The maximum absolute atomic E-state index is 12.4. The van der Waals surface area contributed by atoms with Crippen LogP contribution in [-0.2, 0) is 18.4 Å². The highest BCUT2D eigenvalue weighted by Gasteiger charge is 2.20. The Balaban J connectivity index is 1.54. The highest BCUT2D eigenvalue weighted by atomic mass is 35.5. The summed E-state index contributed by atoms with van der Waals surface area (Å²) in [5.74, 6) is 0.835. The number of halogens is 1. The Morgan fingerprint density at radius 2 is 1.81 bits per heavy atom. The van der Waals surface area contributed by atoms with Crippen LogP contribution in [0.3, 0.4) is 0 Å². The van der Waals surface area contributed by atoms with Crippen molar-refractivity contribution < 1.29 is 4.79 Å². The number of hydrogen-bond donors (Lipinski definition) is 1. The molecule has 0 aliphatic carbocycles. The Kier molecular flexibility index (Phi) is 6.62. The number of carbonyl (C=O) groups excluding carboxylic acids is 1. The highest BCUT2D eigenvalue weighted by Crippen LogP contribution is 2.32. The van der Waals surface area contributed by atoms with Gasteiger partial charge in [0.2, 0.25) is 5.91 Å². The Bertz CT molecular complexity index is 1230. The van der Waals surface area contributed by atoms with Crippen molar-refractivity contribution in [1.29, 1.82) is 0 Å². The fraction of sp³-hybridized carbons (Fsp3) is 0.217. The molecule has 2 aromatic heterocycles. The Hall–Kier alpha value is -3.10. The van der Waals surface area contributed by atoms with Crippen molar-refractivity contribution in [2.45, 2.75) is 25.5 Å². The van der Waals surface area contributed by atoms with Gasteiger partial charge in [0, 0.05) is 36.1 Å². The third-order valence-corrected chi connectivity index (χ3v) is 6.11. The molecule has 0 spiro atoms. The molecule has 164 valence electrons. The van der Waals surface area contributed by atoms with Gasteiger partial charge in [-0.25, -0.2) is 0 Å². The summed E-state index contributed by atoms with van der Waals surface area (Å²) in [6.45, 7) is 4.77. The second-order valence-corrected chi connectivity index (χ2v) is 8.70. The molecular formula is C23H23ClN6OS. The first-order valence-corrected chi connectivity index (χ1v) is 11.5. The number of hydrogen-bond acceptors (Lipinski definition) is 5. The topological polar surface area (TPSA) is 77.6 Å². The standard InChI is InChI=1S/C23H23ClN6OS/c1-4-30-22(19-13-29(3)28-21(19)16-7-5-15(2)6-8-16)26-27-23(30)32-14-20(31)25-18-11-9-17(24)10-12-18/h5-13H,4,14H2,1-3H3,(H,25,31). The summed E-state index contributed by atoms with van der Waals surface area (Å²) in [7, 11) is 1.89. The van der Waals surface area contributed by atoms with E-state index in [0.29, 0.717) is 22.4 Å². The first-order chi connectivity index (χ1) is 15.4. The summed E-state index contributed by atoms with van der Waals surface area (Å²) in [5, 5.41) is 17.6. The summed E-state index contributed by atoms with van der Waals surface area (Å²) < 4.78 is 3.79. The fourth-order valence-electron chi connectivity index (χ4n) is 3.32. The normalized spacial score (nSPS) is 11.0. The Labute approximate surface area is 195 Å². The van der Waals surface area contributed by atoms with Gasteiger partial charge in [-0.05, 0) is 38.1 Å². The molecular weight excluding hydrogens is 444 g/mol. The lowest BCUT2D eigenvalue weighted by atomic mass is 10.1. The summed E-state index contributed by atoms with van der Waals surface area (Å²) in [6.07, 6.45) is 1.95. The van der Waals surface area contributed by atoms with E-state index in [1.54, 1.807) is 28.9 Å². The fourth-order valence-corrected chi connectivity index (χ4v) is 4.25. The van der Waals surface area contributed by atoms with Crippen molar-refractivity contribution in [3.8, 4) is 22.6 Å². The number of nitrogens with one attached hydrogen (secondary N) is 1. The molecule has 7 nitrogen and oxygen atoms in total. The first-order valence-electron chi connectivity index (χ1n) is 10.2. The number of thioether (sulfide) groups is 1. The van der Waals surface area contributed by atoms with E-state index in [1.165, 1.54) is 17.3 Å². The van der Waals surface area contributed by atoms with Gasteiger partial charge in [0.25, 0.3) is 0 Å². The molecule has 1 N–H and O–H groups in total. The quantitative estimate of drug-likeness (QED) is 0.385. The van der Waals surface area contributed by atoms with Gasteiger partial charge in [-0.1, -0.05) is 53.2 Å².